The van der Waals surface area contributed by atoms with Crippen LogP contribution >= 0.6 is 0 Å². The fourth-order valence-corrected chi connectivity index (χ4v) is 1.01. The molecular weight excluding hydrogens is 140 g/mol. The van der Waals surface area contributed by atoms with Gasteiger partial charge < -0.3 is 10.4 Å². The van der Waals surface area contributed by atoms with E-state index in [0.717, 1.165) is 5.70 Å². The Morgan fingerprint density at radius 2 is 2.27 bits per heavy atom. The van der Waals surface area contributed by atoms with Crippen LogP contribution in [0.15, 0.2) is 23.4 Å². The van der Waals surface area contributed by atoms with Crippen molar-refractivity contribution in [2.45, 2.75) is 19.6 Å². The first-order valence-corrected chi connectivity index (χ1v) is 3.36. The van der Waals surface area contributed by atoms with Crippen molar-refractivity contribution in [2.75, 3.05) is 0 Å². The van der Waals surface area contributed by atoms with E-state index in [1.54, 1.807) is 19.1 Å². The minimum Gasteiger partial charge on any atom is -0.366 e. The van der Waals surface area contributed by atoms with Crippen LogP contribution in [0.5, 0.6) is 0 Å². The van der Waals surface area contributed by atoms with Crippen molar-refractivity contribution in [3.05, 3.63) is 23.4 Å². The van der Waals surface area contributed by atoms with Crippen LogP contribution in [-0.2, 0) is 0 Å². The zero-order valence-corrected chi connectivity index (χ0v) is 6.55. The summed E-state index contributed by atoms with van der Waals surface area (Å²) in [5, 5.41) is 20.9. The highest BCUT2D eigenvalue weighted by atomic mass is 16.3. The number of hydrogen-bond acceptors (Lipinski definition) is 3. The average molecular weight is 150 g/mol. The first-order valence-electron chi connectivity index (χ1n) is 3.36. The number of nitrogens with one attached hydrogen (secondary N) is 1. The summed E-state index contributed by atoms with van der Waals surface area (Å²) in [6.07, 6.45) is 3.38. The number of rotatable bonds is 0. The van der Waals surface area contributed by atoms with E-state index in [-0.39, 0.29) is 0 Å². The molecule has 1 aliphatic rings. The summed E-state index contributed by atoms with van der Waals surface area (Å²) in [4.78, 5) is 0. The van der Waals surface area contributed by atoms with Gasteiger partial charge in [-0.1, -0.05) is 0 Å². The van der Waals surface area contributed by atoms with E-state index in [2.05, 4.69) is 5.32 Å². The van der Waals surface area contributed by atoms with Gasteiger partial charge in [-0.05, 0) is 26.0 Å². The molecule has 0 aromatic heterocycles. The van der Waals surface area contributed by atoms with E-state index >= 15 is 0 Å². The zero-order chi connectivity index (χ0) is 8.48. The summed E-state index contributed by atoms with van der Waals surface area (Å²) in [6, 6.07) is 1.92. The molecule has 3 nitrogen and oxygen atoms in total. The summed E-state index contributed by atoms with van der Waals surface area (Å²) in [5.74, 6) is 0. The van der Waals surface area contributed by atoms with Crippen LogP contribution in [0.25, 0.3) is 0 Å². The molecule has 58 valence electrons. The Morgan fingerprint density at radius 3 is 2.73 bits per heavy atom. The molecule has 0 fully saturated rings. The Hall–Kier alpha value is -1.27. The van der Waals surface area contributed by atoms with Crippen LogP contribution in [0, 0.1) is 11.3 Å². The maximum atomic E-state index is 9.56. The second kappa shape index (κ2) is 2.40. The van der Waals surface area contributed by atoms with Crippen molar-refractivity contribution in [3.63, 3.8) is 0 Å². The molecule has 0 bridgehead atoms. The summed E-state index contributed by atoms with van der Waals surface area (Å²) in [6.45, 7) is 3.39. The number of aliphatic hydroxyl groups is 1. The van der Waals surface area contributed by atoms with E-state index in [1.807, 2.05) is 13.0 Å². The van der Waals surface area contributed by atoms with Gasteiger partial charge in [0.15, 0.2) is 5.72 Å². The minimum atomic E-state index is -1.20. The predicted molar refractivity (Wildman–Crippen MR) is 41.2 cm³/mol. The quantitative estimate of drug-likeness (QED) is 0.533. The van der Waals surface area contributed by atoms with E-state index in [4.69, 9.17) is 5.26 Å². The van der Waals surface area contributed by atoms with Crippen LogP contribution in [0.1, 0.15) is 13.8 Å². The average Bonchev–Trinajstić information content (AvgIpc) is 1.85. The Bertz CT molecular complexity index is 268. The molecular formula is C8H10N2O. The largest absolute Gasteiger partial charge is 0.366 e. The molecule has 3 heteroatoms. The summed E-state index contributed by atoms with van der Waals surface area (Å²) in [5.41, 5.74) is -0.00905. The van der Waals surface area contributed by atoms with Crippen LogP contribution in [0.4, 0.5) is 0 Å². The minimum absolute atomic E-state index is 0.336. The number of nitrogens with zero attached hydrogens (tertiary/aromatic N) is 1. The molecule has 1 aliphatic heterocycles. The van der Waals surface area contributed by atoms with Gasteiger partial charge in [-0.2, -0.15) is 5.26 Å². The van der Waals surface area contributed by atoms with E-state index in [0.29, 0.717) is 5.57 Å². The van der Waals surface area contributed by atoms with Gasteiger partial charge in [0, 0.05) is 5.70 Å². The Balaban J connectivity index is 3.01. The van der Waals surface area contributed by atoms with Crippen molar-refractivity contribution in [1.82, 2.24) is 5.32 Å². The maximum Gasteiger partial charge on any atom is 0.168 e. The molecule has 0 aromatic rings. The molecule has 0 radical (unpaired) electrons. The number of dihydropyridines is 1. The van der Waals surface area contributed by atoms with E-state index in [1.165, 1.54) is 0 Å². The van der Waals surface area contributed by atoms with Crippen molar-refractivity contribution in [1.29, 1.82) is 5.26 Å². The molecule has 0 amide bonds. The van der Waals surface area contributed by atoms with E-state index in [9.17, 15) is 5.11 Å². The fraction of sp³-hybridized carbons (Fsp3) is 0.375. The fourth-order valence-electron chi connectivity index (χ4n) is 1.01. The SMILES string of the molecule is CC1=CC=C(C#N)C(C)(O)N1. The number of nitriles is 1. The highest BCUT2D eigenvalue weighted by Gasteiger charge is 2.27. The van der Waals surface area contributed by atoms with Crippen molar-refractivity contribution < 1.29 is 5.11 Å². The zero-order valence-electron chi connectivity index (χ0n) is 6.55. The number of hydrogen-bond donors (Lipinski definition) is 2. The lowest BCUT2D eigenvalue weighted by Crippen LogP contribution is -2.43. The lowest BCUT2D eigenvalue weighted by atomic mass is 10.0. The molecule has 1 unspecified atom stereocenters. The van der Waals surface area contributed by atoms with Crippen LogP contribution in [0.3, 0.4) is 0 Å². The molecule has 0 spiro atoms. The molecule has 0 aliphatic carbocycles. The van der Waals surface area contributed by atoms with Gasteiger partial charge in [-0.15, -0.1) is 0 Å². The van der Waals surface area contributed by atoms with Crippen LogP contribution in [0.2, 0.25) is 0 Å². The highest BCUT2D eigenvalue weighted by Crippen LogP contribution is 2.18. The molecule has 1 atom stereocenters. The van der Waals surface area contributed by atoms with Gasteiger partial charge in [0.25, 0.3) is 0 Å². The second-order valence-electron chi connectivity index (χ2n) is 2.74. The van der Waals surface area contributed by atoms with Crippen molar-refractivity contribution in [3.8, 4) is 6.07 Å². The summed E-state index contributed by atoms with van der Waals surface area (Å²) in [7, 11) is 0. The standard InChI is InChI=1S/C8H10N2O/c1-6-3-4-7(5-9)8(2,11)10-6/h3-4,10-11H,1-2H3. The molecule has 1 rings (SSSR count). The third kappa shape index (κ3) is 1.41. The van der Waals surface area contributed by atoms with Gasteiger partial charge >= 0.3 is 0 Å². The predicted octanol–water partition coefficient (Wildman–Crippen LogP) is 0.652. The molecule has 1 heterocycles. The van der Waals surface area contributed by atoms with E-state index < -0.39 is 5.72 Å². The van der Waals surface area contributed by atoms with Crippen LogP contribution < -0.4 is 5.32 Å². The maximum absolute atomic E-state index is 9.56. The summed E-state index contributed by atoms with van der Waals surface area (Å²) >= 11 is 0. The highest BCUT2D eigenvalue weighted by molar-refractivity contribution is 5.38. The third-order valence-corrected chi connectivity index (χ3v) is 1.59. The van der Waals surface area contributed by atoms with Gasteiger partial charge in [0.2, 0.25) is 0 Å². The van der Waals surface area contributed by atoms with Gasteiger partial charge in [0.1, 0.15) is 0 Å². The Morgan fingerprint density at radius 1 is 1.64 bits per heavy atom. The second-order valence-corrected chi connectivity index (χ2v) is 2.74. The molecule has 11 heavy (non-hydrogen) atoms. The Kier molecular flexibility index (Phi) is 1.71. The molecule has 0 saturated carbocycles. The lowest BCUT2D eigenvalue weighted by molar-refractivity contribution is 0.0756. The number of allylic oxidation sites excluding steroid dienone is 3. The third-order valence-electron chi connectivity index (χ3n) is 1.59. The monoisotopic (exact) mass is 150 g/mol. The molecule has 2 N–H and O–H groups in total. The van der Waals surface area contributed by atoms with Crippen LogP contribution in [-0.4, -0.2) is 10.8 Å². The summed E-state index contributed by atoms with van der Waals surface area (Å²) < 4.78 is 0. The lowest BCUT2D eigenvalue weighted by Gasteiger charge is -2.28. The van der Waals surface area contributed by atoms with Gasteiger partial charge in [-0.25, -0.2) is 0 Å². The molecule has 0 saturated heterocycles. The Labute approximate surface area is 65.6 Å². The van der Waals surface area contributed by atoms with Crippen molar-refractivity contribution in [2.24, 2.45) is 0 Å². The van der Waals surface area contributed by atoms with Crippen molar-refractivity contribution >= 4 is 0 Å². The first kappa shape index (κ1) is 7.83. The van der Waals surface area contributed by atoms with Gasteiger partial charge in [0.05, 0.1) is 11.6 Å². The molecule has 0 aromatic carbocycles. The smallest absolute Gasteiger partial charge is 0.168 e. The first-order chi connectivity index (χ1) is 5.06. The topological polar surface area (TPSA) is 56.0 Å². The normalized spacial score (nSPS) is 29.6. The van der Waals surface area contributed by atoms with Gasteiger partial charge in [-0.3, -0.25) is 0 Å².